The molecule has 7 nitrogen and oxygen atoms in total. The number of carbonyl (C=O) groups excluding carboxylic acids is 1. The second kappa shape index (κ2) is 6.33. The van der Waals surface area contributed by atoms with Crippen molar-refractivity contribution in [1.82, 2.24) is 5.43 Å². The van der Waals surface area contributed by atoms with E-state index in [1.54, 1.807) is 18.2 Å². The number of hydrazine groups is 1. The van der Waals surface area contributed by atoms with Crippen molar-refractivity contribution in [2.24, 2.45) is 11.0 Å². The number of ether oxygens (including phenoxy) is 2. The standard InChI is InChI=1S/C10H13N3O4/c1-16-9-4-7(5-12-15)2-3-8(9)17-6-10(14)13-11/h2-5,15H,6,11H2,1H3,(H,13,14)/b12-5-. The van der Waals surface area contributed by atoms with Crippen molar-refractivity contribution in [2.75, 3.05) is 13.7 Å². The number of nitrogens with zero attached hydrogens (tertiary/aromatic N) is 1. The van der Waals surface area contributed by atoms with Gasteiger partial charge in [-0.3, -0.25) is 10.2 Å². The third kappa shape index (κ3) is 3.65. The average molecular weight is 239 g/mol. The zero-order valence-electron chi connectivity index (χ0n) is 9.21. The minimum atomic E-state index is -0.451. The predicted molar refractivity (Wildman–Crippen MR) is 60.2 cm³/mol. The molecule has 0 saturated heterocycles. The number of amides is 1. The minimum absolute atomic E-state index is 0.208. The zero-order chi connectivity index (χ0) is 12.7. The largest absolute Gasteiger partial charge is 0.493 e. The first-order valence-electron chi connectivity index (χ1n) is 4.69. The highest BCUT2D eigenvalue weighted by Gasteiger charge is 2.07. The minimum Gasteiger partial charge on any atom is -0.493 e. The number of carbonyl (C=O) groups is 1. The van der Waals surface area contributed by atoms with Crippen LogP contribution in [0.3, 0.4) is 0 Å². The average Bonchev–Trinajstić information content (AvgIpc) is 2.36. The molecule has 1 rings (SSSR count). The molecule has 0 aromatic heterocycles. The van der Waals surface area contributed by atoms with E-state index in [-0.39, 0.29) is 6.61 Å². The maximum Gasteiger partial charge on any atom is 0.271 e. The molecule has 0 radical (unpaired) electrons. The molecule has 0 aliphatic rings. The fourth-order valence-electron chi connectivity index (χ4n) is 1.14. The fourth-order valence-corrected chi connectivity index (χ4v) is 1.14. The SMILES string of the molecule is COc1cc(/C=N\O)ccc1OCC(=O)NN. The zero-order valence-corrected chi connectivity index (χ0v) is 9.21. The van der Waals surface area contributed by atoms with Gasteiger partial charge in [0.1, 0.15) is 0 Å². The van der Waals surface area contributed by atoms with Gasteiger partial charge < -0.3 is 14.7 Å². The van der Waals surface area contributed by atoms with Gasteiger partial charge in [-0.05, 0) is 18.2 Å². The first kappa shape index (κ1) is 12.8. The first-order valence-corrected chi connectivity index (χ1v) is 4.69. The molecule has 0 fully saturated rings. The summed E-state index contributed by atoms with van der Waals surface area (Å²) >= 11 is 0. The molecule has 1 aromatic carbocycles. The van der Waals surface area contributed by atoms with E-state index in [9.17, 15) is 4.79 Å². The van der Waals surface area contributed by atoms with E-state index >= 15 is 0 Å². The van der Waals surface area contributed by atoms with E-state index in [1.807, 2.05) is 5.43 Å². The van der Waals surface area contributed by atoms with E-state index in [4.69, 9.17) is 20.5 Å². The Balaban J connectivity index is 2.81. The van der Waals surface area contributed by atoms with E-state index in [0.29, 0.717) is 17.1 Å². The smallest absolute Gasteiger partial charge is 0.271 e. The molecule has 4 N–H and O–H groups in total. The van der Waals surface area contributed by atoms with Gasteiger partial charge in [0.15, 0.2) is 18.1 Å². The van der Waals surface area contributed by atoms with Gasteiger partial charge >= 0.3 is 0 Å². The maximum atomic E-state index is 10.9. The molecule has 92 valence electrons. The number of nitrogens with two attached hydrogens (primary N) is 1. The normalized spacial score (nSPS) is 10.2. The number of benzene rings is 1. The van der Waals surface area contributed by atoms with Gasteiger partial charge in [0.05, 0.1) is 13.3 Å². The second-order valence-corrected chi connectivity index (χ2v) is 3.01. The molecule has 0 bridgehead atoms. The summed E-state index contributed by atoms with van der Waals surface area (Å²) in [7, 11) is 1.46. The lowest BCUT2D eigenvalue weighted by Crippen LogP contribution is -2.34. The highest BCUT2D eigenvalue weighted by molar-refractivity contribution is 5.80. The Hall–Kier alpha value is -2.28. The van der Waals surface area contributed by atoms with E-state index in [2.05, 4.69) is 5.16 Å². The summed E-state index contributed by atoms with van der Waals surface area (Å²) in [5.41, 5.74) is 2.58. The van der Waals surface area contributed by atoms with Crippen molar-refractivity contribution in [3.05, 3.63) is 23.8 Å². The molecular formula is C10H13N3O4. The van der Waals surface area contributed by atoms with Gasteiger partial charge in [-0.15, -0.1) is 0 Å². The van der Waals surface area contributed by atoms with Crippen LogP contribution in [0.15, 0.2) is 23.4 Å². The van der Waals surface area contributed by atoms with Crippen LogP contribution < -0.4 is 20.7 Å². The number of oxime groups is 1. The maximum absolute atomic E-state index is 10.9. The lowest BCUT2D eigenvalue weighted by atomic mass is 10.2. The van der Waals surface area contributed by atoms with Crippen LogP contribution in [0.5, 0.6) is 11.5 Å². The van der Waals surface area contributed by atoms with E-state index < -0.39 is 5.91 Å². The summed E-state index contributed by atoms with van der Waals surface area (Å²) < 4.78 is 10.3. The summed E-state index contributed by atoms with van der Waals surface area (Å²) in [5.74, 6) is 5.28. The highest BCUT2D eigenvalue weighted by atomic mass is 16.5. The number of nitrogens with one attached hydrogen (secondary N) is 1. The van der Waals surface area contributed by atoms with Gasteiger partial charge in [0.25, 0.3) is 5.91 Å². The topological polar surface area (TPSA) is 106 Å². The fraction of sp³-hybridized carbons (Fsp3) is 0.200. The Bertz CT molecular complexity index is 420. The molecule has 0 saturated carbocycles. The molecule has 0 aliphatic heterocycles. The summed E-state index contributed by atoms with van der Waals surface area (Å²) in [6.07, 6.45) is 1.25. The number of hydrogen-bond acceptors (Lipinski definition) is 6. The molecule has 0 unspecified atom stereocenters. The Morgan fingerprint density at radius 2 is 2.35 bits per heavy atom. The van der Waals surface area contributed by atoms with Gasteiger partial charge in [-0.2, -0.15) is 0 Å². The number of rotatable bonds is 5. The predicted octanol–water partition coefficient (Wildman–Crippen LogP) is -0.128. The molecule has 1 aromatic rings. The van der Waals surface area contributed by atoms with Crippen LogP contribution in [0.2, 0.25) is 0 Å². The molecule has 0 spiro atoms. The van der Waals surface area contributed by atoms with Crippen LogP contribution in [0.25, 0.3) is 0 Å². The Kier molecular flexibility index (Phi) is 4.77. The Labute approximate surface area is 97.8 Å². The van der Waals surface area contributed by atoms with Crippen LogP contribution in [0.1, 0.15) is 5.56 Å². The molecule has 7 heteroatoms. The molecule has 0 aliphatic carbocycles. The molecule has 0 heterocycles. The van der Waals surface area contributed by atoms with Gasteiger partial charge in [-0.1, -0.05) is 5.16 Å². The summed E-state index contributed by atoms with van der Waals surface area (Å²) in [6.45, 7) is -0.208. The van der Waals surface area contributed by atoms with Crippen molar-refractivity contribution in [3.8, 4) is 11.5 Å². The first-order chi connectivity index (χ1) is 8.21. The van der Waals surface area contributed by atoms with Gasteiger partial charge in [0, 0.05) is 5.56 Å². The van der Waals surface area contributed by atoms with Gasteiger partial charge in [-0.25, -0.2) is 5.84 Å². The highest BCUT2D eigenvalue weighted by Crippen LogP contribution is 2.27. The van der Waals surface area contributed by atoms with Crippen molar-refractivity contribution < 1.29 is 19.5 Å². The van der Waals surface area contributed by atoms with Crippen LogP contribution in [0, 0.1) is 0 Å². The molecular weight excluding hydrogens is 226 g/mol. The quantitative estimate of drug-likeness (QED) is 0.218. The van der Waals surface area contributed by atoms with Gasteiger partial charge in [0.2, 0.25) is 0 Å². The Morgan fingerprint density at radius 3 is 2.94 bits per heavy atom. The van der Waals surface area contributed by atoms with Crippen LogP contribution in [0.4, 0.5) is 0 Å². The third-order valence-corrected chi connectivity index (χ3v) is 1.91. The number of hydrogen-bond donors (Lipinski definition) is 3. The Morgan fingerprint density at radius 1 is 1.59 bits per heavy atom. The summed E-state index contributed by atoms with van der Waals surface area (Å²) in [5, 5.41) is 11.3. The van der Waals surface area contributed by atoms with Crippen molar-refractivity contribution >= 4 is 12.1 Å². The van der Waals surface area contributed by atoms with Crippen molar-refractivity contribution in [3.63, 3.8) is 0 Å². The molecule has 17 heavy (non-hydrogen) atoms. The molecule has 0 atom stereocenters. The lowest BCUT2D eigenvalue weighted by molar-refractivity contribution is -0.123. The molecule has 1 amide bonds. The summed E-state index contributed by atoms with van der Waals surface area (Å²) in [6, 6.07) is 4.85. The van der Waals surface area contributed by atoms with Crippen molar-refractivity contribution in [1.29, 1.82) is 0 Å². The van der Waals surface area contributed by atoms with Crippen LogP contribution >= 0.6 is 0 Å². The second-order valence-electron chi connectivity index (χ2n) is 3.01. The van der Waals surface area contributed by atoms with E-state index in [1.165, 1.54) is 13.3 Å². The number of methoxy groups -OCH3 is 1. The monoisotopic (exact) mass is 239 g/mol. The van der Waals surface area contributed by atoms with Crippen molar-refractivity contribution in [2.45, 2.75) is 0 Å². The third-order valence-electron chi connectivity index (χ3n) is 1.91. The van der Waals surface area contributed by atoms with Crippen LogP contribution in [-0.2, 0) is 4.79 Å². The van der Waals surface area contributed by atoms with Crippen LogP contribution in [-0.4, -0.2) is 31.0 Å². The van der Waals surface area contributed by atoms with E-state index in [0.717, 1.165) is 0 Å². The summed E-state index contributed by atoms with van der Waals surface area (Å²) in [4.78, 5) is 10.9. The lowest BCUT2D eigenvalue weighted by Gasteiger charge is -2.10.